The summed E-state index contributed by atoms with van der Waals surface area (Å²) in [5.41, 5.74) is 2.75. The first-order valence-corrected chi connectivity index (χ1v) is 7.51. The van der Waals surface area contributed by atoms with Gasteiger partial charge in [-0.3, -0.25) is 4.79 Å². The number of hydrogen-bond acceptors (Lipinski definition) is 4. The minimum atomic E-state index is -0.0465. The summed E-state index contributed by atoms with van der Waals surface area (Å²) < 4.78 is 1.87. The van der Waals surface area contributed by atoms with Crippen LogP contribution in [0.4, 0.5) is 11.4 Å². The molecule has 1 amide bonds. The van der Waals surface area contributed by atoms with Crippen molar-refractivity contribution in [1.29, 1.82) is 0 Å². The highest BCUT2D eigenvalue weighted by atomic mass is 79.9. The van der Waals surface area contributed by atoms with Gasteiger partial charge in [0.05, 0.1) is 24.6 Å². The molecule has 3 rings (SSSR count). The number of aromatic nitrogens is 2. The van der Waals surface area contributed by atoms with E-state index in [9.17, 15) is 4.79 Å². The van der Waals surface area contributed by atoms with E-state index in [0.29, 0.717) is 6.54 Å². The van der Waals surface area contributed by atoms with E-state index < -0.39 is 0 Å². The van der Waals surface area contributed by atoms with Gasteiger partial charge in [0.15, 0.2) is 0 Å². The Labute approximate surface area is 132 Å². The maximum atomic E-state index is 12.0. The second-order valence-corrected chi connectivity index (χ2v) is 6.14. The van der Waals surface area contributed by atoms with Crippen LogP contribution >= 0.6 is 31.9 Å². The van der Waals surface area contributed by atoms with Gasteiger partial charge in [-0.25, -0.2) is 0 Å². The van der Waals surface area contributed by atoms with Gasteiger partial charge in [-0.15, -0.1) is 0 Å². The highest BCUT2D eigenvalue weighted by Gasteiger charge is 2.20. The first kappa shape index (κ1) is 13.5. The molecule has 20 heavy (non-hydrogen) atoms. The molecule has 0 radical (unpaired) electrons. The Hall–Kier alpha value is -1.47. The molecular formula is C13H10Br2N4O. The van der Waals surface area contributed by atoms with Crippen LogP contribution in [0, 0.1) is 0 Å². The second kappa shape index (κ2) is 5.49. The normalized spacial score (nSPS) is 14.5. The van der Waals surface area contributed by atoms with Crippen LogP contribution in [0.3, 0.4) is 0 Å². The van der Waals surface area contributed by atoms with E-state index in [1.165, 1.54) is 0 Å². The van der Waals surface area contributed by atoms with Gasteiger partial charge in [0.25, 0.3) is 0 Å². The monoisotopic (exact) mass is 396 g/mol. The molecule has 0 saturated heterocycles. The number of nitrogens with zero attached hydrogens (tertiary/aromatic N) is 3. The lowest BCUT2D eigenvalue weighted by molar-refractivity contribution is -0.114. The van der Waals surface area contributed by atoms with Crippen molar-refractivity contribution < 1.29 is 4.79 Å². The molecule has 0 atom stereocenters. The van der Waals surface area contributed by atoms with Crippen LogP contribution in [0.15, 0.2) is 39.5 Å². The zero-order valence-electron chi connectivity index (χ0n) is 10.3. The summed E-state index contributed by atoms with van der Waals surface area (Å²) in [4.78, 5) is 14.0. The van der Waals surface area contributed by atoms with Crippen molar-refractivity contribution in [3.8, 4) is 0 Å². The molecule has 2 heterocycles. The Morgan fingerprint density at radius 2 is 1.95 bits per heavy atom. The summed E-state index contributed by atoms with van der Waals surface area (Å²) in [5, 5.41) is 10.5. The van der Waals surface area contributed by atoms with E-state index in [4.69, 9.17) is 0 Å². The van der Waals surface area contributed by atoms with Crippen molar-refractivity contribution >= 4 is 49.1 Å². The number of fused-ring (bicyclic) bond motifs is 1. The van der Waals surface area contributed by atoms with Crippen molar-refractivity contribution in [2.24, 2.45) is 0 Å². The summed E-state index contributed by atoms with van der Waals surface area (Å²) in [6.45, 7) is 0.918. The first-order chi connectivity index (χ1) is 9.63. The van der Waals surface area contributed by atoms with Crippen molar-refractivity contribution in [2.45, 2.75) is 6.54 Å². The molecule has 1 N–H and O–H groups in total. The third kappa shape index (κ3) is 2.69. The lowest BCUT2D eigenvalue weighted by atomic mass is 10.1. The highest BCUT2D eigenvalue weighted by Crippen LogP contribution is 2.32. The van der Waals surface area contributed by atoms with Crippen molar-refractivity contribution in [3.05, 3.63) is 45.1 Å². The quantitative estimate of drug-likeness (QED) is 0.803. The predicted octanol–water partition coefficient (Wildman–Crippen LogP) is 2.96. The van der Waals surface area contributed by atoms with Gasteiger partial charge in [0.1, 0.15) is 0 Å². The maximum Gasteiger partial charge on any atom is 0.243 e. The zero-order valence-corrected chi connectivity index (χ0v) is 13.5. The van der Waals surface area contributed by atoms with Crippen LogP contribution in [0.25, 0.3) is 0 Å². The molecule has 1 aromatic heterocycles. The van der Waals surface area contributed by atoms with Gasteiger partial charge >= 0.3 is 0 Å². The van der Waals surface area contributed by atoms with E-state index in [-0.39, 0.29) is 12.5 Å². The van der Waals surface area contributed by atoms with Crippen molar-refractivity contribution in [2.75, 3.05) is 16.8 Å². The first-order valence-electron chi connectivity index (χ1n) is 5.93. The summed E-state index contributed by atoms with van der Waals surface area (Å²) in [5.74, 6) is -0.0465. The molecule has 0 aliphatic carbocycles. The summed E-state index contributed by atoms with van der Waals surface area (Å²) in [6, 6.07) is 5.76. The fourth-order valence-electron chi connectivity index (χ4n) is 2.11. The van der Waals surface area contributed by atoms with Gasteiger partial charge in [0.2, 0.25) is 5.91 Å². The van der Waals surface area contributed by atoms with Gasteiger partial charge in [-0.2, -0.15) is 10.2 Å². The molecule has 102 valence electrons. The molecule has 0 bridgehead atoms. The van der Waals surface area contributed by atoms with Gasteiger partial charge in [0, 0.05) is 21.2 Å². The molecule has 0 spiro atoms. The lowest BCUT2D eigenvalue weighted by Crippen LogP contribution is -2.29. The van der Waals surface area contributed by atoms with Crippen LogP contribution in [-0.4, -0.2) is 22.6 Å². The summed E-state index contributed by atoms with van der Waals surface area (Å²) >= 11 is 6.94. The van der Waals surface area contributed by atoms with E-state index in [1.807, 2.05) is 23.1 Å². The third-order valence-corrected chi connectivity index (χ3v) is 4.89. The predicted molar refractivity (Wildman–Crippen MR) is 83.6 cm³/mol. The Balaban J connectivity index is 2.01. The number of hydrogen-bond donors (Lipinski definition) is 1. The molecule has 0 fully saturated rings. The van der Waals surface area contributed by atoms with Gasteiger partial charge in [-0.1, -0.05) is 0 Å². The molecule has 0 unspecified atom stereocenters. The SMILES string of the molecule is O=C1CN(c2ccnnc2)Cc2cc(Br)c(Br)cc2N1. The Morgan fingerprint density at radius 1 is 1.15 bits per heavy atom. The van der Waals surface area contributed by atoms with Crippen LogP contribution in [-0.2, 0) is 11.3 Å². The van der Waals surface area contributed by atoms with Crippen LogP contribution < -0.4 is 10.2 Å². The number of benzene rings is 1. The molecular weight excluding hydrogens is 388 g/mol. The van der Waals surface area contributed by atoms with E-state index in [0.717, 1.165) is 25.9 Å². The largest absolute Gasteiger partial charge is 0.356 e. The van der Waals surface area contributed by atoms with E-state index >= 15 is 0 Å². The fraction of sp³-hybridized carbons (Fsp3) is 0.154. The molecule has 1 aliphatic rings. The summed E-state index contributed by atoms with van der Waals surface area (Å²) in [7, 11) is 0. The molecule has 5 nitrogen and oxygen atoms in total. The minimum Gasteiger partial charge on any atom is -0.356 e. The number of rotatable bonds is 1. The zero-order chi connectivity index (χ0) is 14.1. The average Bonchev–Trinajstić information content (AvgIpc) is 2.59. The molecule has 1 aromatic carbocycles. The van der Waals surface area contributed by atoms with Gasteiger partial charge < -0.3 is 10.2 Å². The average molecular weight is 398 g/mol. The maximum absolute atomic E-state index is 12.0. The molecule has 0 saturated carbocycles. The minimum absolute atomic E-state index is 0.0465. The highest BCUT2D eigenvalue weighted by molar-refractivity contribution is 9.13. The molecule has 1 aliphatic heterocycles. The number of nitrogens with one attached hydrogen (secondary N) is 1. The van der Waals surface area contributed by atoms with Crippen LogP contribution in [0.1, 0.15) is 5.56 Å². The number of halogens is 2. The molecule has 2 aromatic rings. The topological polar surface area (TPSA) is 58.1 Å². The van der Waals surface area contributed by atoms with E-state index in [2.05, 4.69) is 47.4 Å². The van der Waals surface area contributed by atoms with Crippen LogP contribution in [0.5, 0.6) is 0 Å². The Kier molecular flexibility index (Phi) is 3.71. The second-order valence-electron chi connectivity index (χ2n) is 4.43. The number of anilines is 2. The number of carbonyl (C=O) groups is 1. The van der Waals surface area contributed by atoms with Crippen LogP contribution in [0.2, 0.25) is 0 Å². The smallest absolute Gasteiger partial charge is 0.243 e. The third-order valence-electron chi connectivity index (χ3n) is 3.05. The molecule has 7 heteroatoms. The van der Waals surface area contributed by atoms with Crippen molar-refractivity contribution in [3.63, 3.8) is 0 Å². The number of amides is 1. The standard InChI is InChI=1S/C13H10Br2N4O/c14-10-3-8-6-19(9-1-2-16-17-5-9)7-13(20)18-12(8)4-11(10)15/h1-5H,6-7H2,(H,18,20). The number of carbonyl (C=O) groups excluding carboxylic acids is 1. The Bertz CT molecular complexity index is 663. The van der Waals surface area contributed by atoms with E-state index in [1.54, 1.807) is 12.4 Å². The summed E-state index contributed by atoms with van der Waals surface area (Å²) in [6.07, 6.45) is 3.28. The Morgan fingerprint density at radius 3 is 2.70 bits per heavy atom. The van der Waals surface area contributed by atoms with Crippen molar-refractivity contribution in [1.82, 2.24) is 10.2 Å². The lowest BCUT2D eigenvalue weighted by Gasteiger charge is -2.21. The fourth-order valence-corrected chi connectivity index (χ4v) is 2.85. The van der Waals surface area contributed by atoms with Gasteiger partial charge in [-0.05, 0) is 55.6 Å².